The SMILES string of the molecule is Cc1ccc(S(=O)(=O)NCCNC(=O)c2ccc(Cl)cc2O)cc1. The molecule has 0 aliphatic heterocycles. The van der Waals surface area contributed by atoms with E-state index in [1.807, 2.05) is 6.92 Å². The number of sulfonamides is 1. The van der Waals surface area contributed by atoms with Crippen LogP contribution in [0.15, 0.2) is 47.4 Å². The number of aryl methyl sites for hydroxylation is 1. The molecule has 0 spiro atoms. The molecule has 0 atom stereocenters. The average Bonchev–Trinajstić information content (AvgIpc) is 2.52. The van der Waals surface area contributed by atoms with E-state index in [0.717, 1.165) is 5.56 Å². The highest BCUT2D eigenvalue weighted by Gasteiger charge is 2.14. The predicted octanol–water partition coefficient (Wildman–Crippen LogP) is 2.06. The molecule has 0 aliphatic rings. The van der Waals surface area contributed by atoms with Crippen LogP contribution in [0.2, 0.25) is 5.02 Å². The third-order valence-corrected chi connectivity index (χ3v) is 4.95. The number of nitrogens with one attached hydrogen (secondary N) is 2. The van der Waals surface area contributed by atoms with Gasteiger partial charge in [0.2, 0.25) is 10.0 Å². The van der Waals surface area contributed by atoms with Crippen molar-refractivity contribution in [2.75, 3.05) is 13.1 Å². The molecule has 0 heterocycles. The number of phenols is 1. The molecule has 0 aliphatic carbocycles. The molecular formula is C16H17ClN2O4S. The lowest BCUT2D eigenvalue weighted by Gasteiger charge is -2.09. The van der Waals surface area contributed by atoms with Gasteiger partial charge in [0, 0.05) is 18.1 Å². The molecule has 0 saturated carbocycles. The fraction of sp³-hybridized carbons (Fsp3) is 0.188. The Labute approximate surface area is 145 Å². The smallest absolute Gasteiger partial charge is 0.255 e. The summed E-state index contributed by atoms with van der Waals surface area (Å²) in [5.74, 6) is -0.751. The van der Waals surface area contributed by atoms with Gasteiger partial charge in [-0.2, -0.15) is 0 Å². The zero-order valence-corrected chi connectivity index (χ0v) is 14.5. The van der Waals surface area contributed by atoms with Crippen LogP contribution < -0.4 is 10.0 Å². The molecule has 0 fully saturated rings. The summed E-state index contributed by atoms with van der Waals surface area (Å²) in [6.07, 6.45) is 0. The van der Waals surface area contributed by atoms with Gasteiger partial charge in [-0.25, -0.2) is 13.1 Å². The Kier molecular flexibility index (Phi) is 5.82. The molecule has 8 heteroatoms. The molecule has 0 aromatic heterocycles. The Morgan fingerprint density at radius 2 is 1.79 bits per heavy atom. The van der Waals surface area contributed by atoms with E-state index < -0.39 is 15.9 Å². The molecule has 2 aromatic carbocycles. The van der Waals surface area contributed by atoms with Crippen molar-refractivity contribution in [1.29, 1.82) is 0 Å². The Hall–Kier alpha value is -2.09. The first-order valence-electron chi connectivity index (χ1n) is 7.12. The number of carbonyl (C=O) groups excluding carboxylic acids is 1. The lowest BCUT2D eigenvalue weighted by atomic mass is 10.2. The molecule has 0 unspecified atom stereocenters. The lowest BCUT2D eigenvalue weighted by molar-refractivity contribution is 0.0951. The van der Waals surface area contributed by atoms with Crippen molar-refractivity contribution in [1.82, 2.24) is 10.0 Å². The highest BCUT2D eigenvalue weighted by molar-refractivity contribution is 7.89. The van der Waals surface area contributed by atoms with Crippen LogP contribution in [0.25, 0.3) is 0 Å². The van der Waals surface area contributed by atoms with Crippen LogP contribution in [0.3, 0.4) is 0 Å². The van der Waals surface area contributed by atoms with Crippen LogP contribution in [0.4, 0.5) is 0 Å². The third kappa shape index (κ3) is 4.70. The van der Waals surface area contributed by atoms with Crippen LogP contribution in [-0.4, -0.2) is 32.5 Å². The molecule has 0 bridgehead atoms. The number of hydrogen-bond donors (Lipinski definition) is 3. The number of halogens is 1. The predicted molar refractivity (Wildman–Crippen MR) is 91.8 cm³/mol. The number of phenolic OH excluding ortho intramolecular Hbond substituents is 1. The molecule has 128 valence electrons. The van der Waals surface area contributed by atoms with E-state index in [2.05, 4.69) is 10.0 Å². The van der Waals surface area contributed by atoms with E-state index >= 15 is 0 Å². The van der Waals surface area contributed by atoms with Crippen molar-refractivity contribution >= 4 is 27.5 Å². The number of benzene rings is 2. The van der Waals surface area contributed by atoms with Gasteiger partial charge in [-0.05, 0) is 37.3 Å². The Bertz CT molecular complexity index is 836. The molecule has 0 radical (unpaired) electrons. The average molecular weight is 369 g/mol. The maximum Gasteiger partial charge on any atom is 0.255 e. The van der Waals surface area contributed by atoms with E-state index in [0.29, 0.717) is 5.02 Å². The Morgan fingerprint density at radius 3 is 2.42 bits per heavy atom. The van der Waals surface area contributed by atoms with Crippen LogP contribution in [0.1, 0.15) is 15.9 Å². The van der Waals surface area contributed by atoms with Crippen molar-refractivity contribution in [3.63, 3.8) is 0 Å². The zero-order chi connectivity index (χ0) is 17.7. The second kappa shape index (κ2) is 7.65. The summed E-state index contributed by atoms with van der Waals surface area (Å²) in [6, 6.07) is 10.6. The van der Waals surface area contributed by atoms with Crippen molar-refractivity contribution in [2.24, 2.45) is 0 Å². The van der Waals surface area contributed by atoms with Gasteiger partial charge in [0.1, 0.15) is 5.75 Å². The van der Waals surface area contributed by atoms with Gasteiger partial charge in [-0.15, -0.1) is 0 Å². The number of carbonyl (C=O) groups is 1. The summed E-state index contributed by atoms with van der Waals surface area (Å²) in [4.78, 5) is 12.1. The quantitative estimate of drug-likeness (QED) is 0.680. The van der Waals surface area contributed by atoms with E-state index in [-0.39, 0.29) is 29.3 Å². The van der Waals surface area contributed by atoms with Crippen molar-refractivity contribution in [3.05, 3.63) is 58.6 Å². The summed E-state index contributed by atoms with van der Waals surface area (Å²) in [6.45, 7) is 1.97. The van der Waals surface area contributed by atoms with Gasteiger partial charge >= 0.3 is 0 Å². The Morgan fingerprint density at radius 1 is 1.12 bits per heavy atom. The number of amides is 1. The standard InChI is InChI=1S/C16H17ClN2O4S/c1-11-2-5-13(6-3-11)24(22,23)19-9-8-18-16(21)14-7-4-12(17)10-15(14)20/h2-7,10,19-20H,8-9H2,1H3,(H,18,21). The maximum atomic E-state index is 12.1. The molecule has 0 saturated heterocycles. The minimum atomic E-state index is -3.62. The van der Waals surface area contributed by atoms with Gasteiger partial charge < -0.3 is 10.4 Å². The van der Waals surface area contributed by atoms with Crippen LogP contribution in [0, 0.1) is 6.92 Å². The highest BCUT2D eigenvalue weighted by atomic mass is 35.5. The normalized spacial score (nSPS) is 11.2. The number of hydrogen-bond acceptors (Lipinski definition) is 4. The monoisotopic (exact) mass is 368 g/mol. The van der Waals surface area contributed by atoms with E-state index in [1.54, 1.807) is 12.1 Å². The first kappa shape index (κ1) is 18.3. The topological polar surface area (TPSA) is 95.5 Å². The van der Waals surface area contributed by atoms with Gasteiger partial charge in [0.25, 0.3) is 5.91 Å². The Balaban J connectivity index is 1.88. The fourth-order valence-electron chi connectivity index (χ4n) is 1.95. The minimum Gasteiger partial charge on any atom is -0.507 e. The van der Waals surface area contributed by atoms with E-state index in [1.165, 1.54) is 30.3 Å². The fourth-order valence-corrected chi connectivity index (χ4v) is 3.15. The number of rotatable bonds is 6. The van der Waals surface area contributed by atoms with E-state index in [9.17, 15) is 18.3 Å². The first-order valence-corrected chi connectivity index (χ1v) is 8.99. The van der Waals surface area contributed by atoms with Gasteiger partial charge in [-0.3, -0.25) is 4.79 Å². The summed E-state index contributed by atoms with van der Waals surface area (Å²) in [5.41, 5.74) is 1.03. The van der Waals surface area contributed by atoms with E-state index in [4.69, 9.17) is 11.6 Å². The third-order valence-electron chi connectivity index (χ3n) is 3.24. The summed E-state index contributed by atoms with van der Waals surface area (Å²) < 4.78 is 26.5. The molecule has 2 rings (SSSR count). The molecule has 2 aromatic rings. The molecular weight excluding hydrogens is 352 g/mol. The van der Waals surface area contributed by atoms with Crippen molar-refractivity contribution in [2.45, 2.75) is 11.8 Å². The molecule has 3 N–H and O–H groups in total. The van der Waals surface area contributed by atoms with Crippen molar-refractivity contribution in [3.8, 4) is 5.75 Å². The summed E-state index contributed by atoms with van der Waals surface area (Å²) >= 11 is 5.70. The van der Waals surface area contributed by atoms with Crippen LogP contribution in [-0.2, 0) is 10.0 Å². The highest BCUT2D eigenvalue weighted by Crippen LogP contribution is 2.21. The van der Waals surface area contributed by atoms with Crippen LogP contribution in [0.5, 0.6) is 5.75 Å². The molecule has 6 nitrogen and oxygen atoms in total. The second-order valence-corrected chi connectivity index (χ2v) is 7.33. The number of aromatic hydroxyl groups is 1. The van der Waals surface area contributed by atoms with Gasteiger partial charge in [-0.1, -0.05) is 29.3 Å². The summed E-state index contributed by atoms with van der Waals surface area (Å²) in [7, 11) is -3.62. The molecule has 1 amide bonds. The van der Waals surface area contributed by atoms with Crippen molar-refractivity contribution < 1.29 is 18.3 Å². The first-order chi connectivity index (χ1) is 11.3. The second-order valence-electron chi connectivity index (χ2n) is 5.13. The minimum absolute atomic E-state index is 0.0241. The molecule has 24 heavy (non-hydrogen) atoms. The van der Waals surface area contributed by atoms with Gasteiger partial charge in [0.05, 0.1) is 10.5 Å². The van der Waals surface area contributed by atoms with Gasteiger partial charge in [0.15, 0.2) is 0 Å². The zero-order valence-electron chi connectivity index (χ0n) is 12.9. The largest absolute Gasteiger partial charge is 0.507 e. The maximum absolute atomic E-state index is 12.1. The summed E-state index contributed by atoms with van der Waals surface area (Å²) in [5, 5.41) is 12.5. The lowest BCUT2D eigenvalue weighted by Crippen LogP contribution is -2.34. The van der Waals surface area contributed by atoms with Crippen LogP contribution >= 0.6 is 11.6 Å².